The Labute approximate surface area is 271 Å². The van der Waals surface area contributed by atoms with Crippen LogP contribution in [0.3, 0.4) is 0 Å². The highest BCUT2D eigenvalue weighted by atomic mass is 79.9. The van der Waals surface area contributed by atoms with Gasteiger partial charge in [-0.3, -0.25) is 25.4 Å². The molecule has 0 amide bonds. The van der Waals surface area contributed by atoms with Crippen LogP contribution in [0.5, 0.6) is 0 Å². The van der Waals surface area contributed by atoms with Gasteiger partial charge in [0, 0.05) is 52.9 Å². The van der Waals surface area contributed by atoms with Crippen molar-refractivity contribution in [3.8, 4) is 21.1 Å². The summed E-state index contributed by atoms with van der Waals surface area (Å²) in [6, 6.07) is 16.0. The van der Waals surface area contributed by atoms with Gasteiger partial charge in [-0.25, -0.2) is 0 Å². The van der Waals surface area contributed by atoms with Gasteiger partial charge in [0.1, 0.15) is 5.69 Å². The highest BCUT2D eigenvalue weighted by Gasteiger charge is 2.05. The molecule has 0 unspecified atom stereocenters. The number of thiophene rings is 3. The number of nitrogens with one attached hydrogen (secondary N) is 1. The number of ketones is 1. The van der Waals surface area contributed by atoms with Crippen molar-refractivity contribution in [2.45, 2.75) is 0 Å². The molecule has 0 aliphatic rings. The van der Waals surface area contributed by atoms with Crippen LogP contribution in [0.25, 0.3) is 21.1 Å². The van der Waals surface area contributed by atoms with Crippen molar-refractivity contribution in [3.05, 3.63) is 89.4 Å². The van der Waals surface area contributed by atoms with E-state index in [2.05, 4.69) is 81.4 Å². The molecule has 5 aromatic heterocycles. The molecule has 14 heteroatoms. The molecule has 40 heavy (non-hydrogen) atoms. The lowest BCUT2D eigenvalue weighted by Gasteiger charge is -2.01. The molecule has 0 bridgehead atoms. The van der Waals surface area contributed by atoms with Crippen molar-refractivity contribution in [3.63, 3.8) is 0 Å². The Morgan fingerprint density at radius 3 is 1.93 bits per heavy atom. The predicted octanol–water partition coefficient (Wildman–Crippen LogP) is 7.67. The fourth-order valence-corrected chi connectivity index (χ4v) is 6.91. The lowest BCUT2D eigenvalue weighted by molar-refractivity contribution is 0.104. The van der Waals surface area contributed by atoms with Crippen molar-refractivity contribution in [2.75, 3.05) is 21.1 Å². The van der Waals surface area contributed by atoms with E-state index in [0.29, 0.717) is 0 Å². The molecule has 0 saturated carbocycles. The molecule has 0 fully saturated rings. The third kappa shape index (κ3) is 11.9. The van der Waals surface area contributed by atoms with E-state index in [-0.39, 0.29) is 5.78 Å². The maximum atomic E-state index is 11.4. The number of allylic oxidation sites excluding steroid dienone is 1. The number of carbonyl (C=O) groups excluding carboxylic acids is 1. The molecule has 8 nitrogen and oxygen atoms in total. The van der Waals surface area contributed by atoms with E-state index in [9.17, 15) is 4.79 Å². The summed E-state index contributed by atoms with van der Waals surface area (Å²) >= 11 is 15.0. The predicted molar refractivity (Wildman–Crippen MR) is 181 cm³/mol. The Morgan fingerprint density at radius 1 is 0.925 bits per heavy atom. The number of hydrogen-bond acceptors (Lipinski definition) is 9. The number of nitrogens with zero attached hydrogens (tertiary/aromatic N) is 5. The van der Waals surface area contributed by atoms with E-state index in [1.165, 1.54) is 21.1 Å². The van der Waals surface area contributed by atoms with Crippen LogP contribution in [0.2, 0.25) is 0 Å². The third-order valence-electron chi connectivity index (χ3n) is 4.53. The zero-order valence-electron chi connectivity index (χ0n) is 22.5. The van der Waals surface area contributed by atoms with E-state index in [1.807, 2.05) is 91.2 Å². The number of aryl methyl sites for hydroxylation is 2. The Bertz CT molecular complexity index is 1450. The van der Waals surface area contributed by atoms with E-state index in [1.54, 1.807) is 42.0 Å². The number of halogens is 3. The van der Waals surface area contributed by atoms with E-state index in [0.717, 1.165) is 27.6 Å². The number of rotatable bonds is 5. The van der Waals surface area contributed by atoms with Crippen molar-refractivity contribution in [1.82, 2.24) is 29.9 Å². The van der Waals surface area contributed by atoms with E-state index in [4.69, 9.17) is 0 Å². The smallest absolute Gasteiger partial charge is 0.197 e. The molecule has 5 aromatic rings. The number of aromatic nitrogens is 4. The summed E-state index contributed by atoms with van der Waals surface area (Å²) in [5.41, 5.74) is 4.44. The van der Waals surface area contributed by atoms with Crippen LogP contribution in [-0.4, -0.2) is 51.4 Å². The van der Waals surface area contributed by atoms with Gasteiger partial charge in [-0.15, -0.1) is 34.0 Å². The quantitative estimate of drug-likeness (QED) is 0.0822. The summed E-state index contributed by atoms with van der Waals surface area (Å²) in [6.07, 6.45) is 7.07. The van der Waals surface area contributed by atoms with Gasteiger partial charge >= 0.3 is 0 Å². The lowest BCUT2D eigenvalue weighted by Crippen LogP contribution is -2.13. The number of hydrazine groups is 1. The molecule has 214 valence electrons. The zero-order valence-corrected chi connectivity index (χ0v) is 29.7. The fourth-order valence-electron chi connectivity index (χ4n) is 2.81. The van der Waals surface area contributed by atoms with Crippen LogP contribution < -0.4 is 11.3 Å². The summed E-state index contributed by atoms with van der Waals surface area (Å²) in [5.74, 6) is 4.64. The minimum Gasteiger partial charge on any atom is -0.383 e. The van der Waals surface area contributed by atoms with Gasteiger partial charge < -0.3 is 4.90 Å². The first kappa shape index (κ1) is 34.3. The van der Waals surface area contributed by atoms with Gasteiger partial charge in [0.25, 0.3) is 0 Å². The molecule has 0 radical (unpaired) electrons. The van der Waals surface area contributed by atoms with Crippen molar-refractivity contribution < 1.29 is 4.79 Å². The normalized spacial score (nSPS) is 10.2. The zero-order chi connectivity index (χ0) is 29.7. The topological polar surface area (TPSA) is 94.0 Å². The Hall–Kier alpha value is -1.91. The second-order valence-electron chi connectivity index (χ2n) is 7.96. The standard InChI is InChI=1S/C9H10BrNOS.2C8H7BrN2S.CH6N2/c1-11(2)6-5-7(12)8-3-4-9(10)13-8;1-11-5-4-6(10-11)7-2-3-8(9)12-7;1-11-6(4-5-10-11)7-2-3-8(9)12-7;1-3-2/h3-6H,1-2H3;2*2-5H,1H3;3H,2H2,1H3/b6-5+;;;. The van der Waals surface area contributed by atoms with Gasteiger partial charge in [0.15, 0.2) is 5.78 Å². The first-order valence-electron chi connectivity index (χ1n) is 11.5. The van der Waals surface area contributed by atoms with Gasteiger partial charge in [0.05, 0.1) is 31.7 Å². The van der Waals surface area contributed by atoms with E-state index < -0.39 is 0 Å². The Morgan fingerprint density at radius 2 is 1.50 bits per heavy atom. The second kappa shape index (κ2) is 17.8. The van der Waals surface area contributed by atoms with Gasteiger partial charge in [-0.1, -0.05) is 0 Å². The average Bonchev–Trinajstić information content (AvgIpc) is 3.72. The summed E-state index contributed by atoms with van der Waals surface area (Å²) in [7, 11) is 9.29. The van der Waals surface area contributed by atoms with Crippen LogP contribution in [0.15, 0.2) is 84.6 Å². The SMILES string of the molecule is CN(C)/C=C/C(=O)c1ccc(Br)s1.CNN.Cn1ccc(-c2ccc(Br)s2)n1.Cn1nccc1-c1ccc(Br)s1. The highest BCUT2D eigenvalue weighted by molar-refractivity contribution is 9.11. The molecule has 0 spiro atoms. The highest BCUT2D eigenvalue weighted by Crippen LogP contribution is 2.31. The minimum atomic E-state index is 0.0457. The van der Waals surface area contributed by atoms with Crippen LogP contribution in [0.4, 0.5) is 0 Å². The first-order valence-corrected chi connectivity index (χ1v) is 16.4. The molecule has 0 aliphatic heterocycles. The van der Waals surface area contributed by atoms with Crippen LogP contribution in [0, 0.1) is 0 Å². The third-order valence-corrected chi connectivity index (χ3v) is 9.46. The monoisotopic (exact) mass is 789 g/mol. The Kier molecular flexibility index (Phi) is 15.3. The Balaban J connectivity index is 0.000000200. The molecular weight excluding hydrogens is 762 g/mol. The van der Waals surface area contributed by atoms with Crippen LogP contribution in [0.1, 0.15) is 9.67 Å². The summed E-state index contributed by atoms with van der Waals surface area (Å²) in [6.45, 7) is 0. The molecular formula is C26H30Br3N7OS3. The number of nitrogens with two attached hydrogens (primary N) is 1. The van der Waals surface area contributed by atoms with Gasteiger partial charge in [0.2, 0.25) is 0 Å². The minimum absolute atomic E-state index is 0.0457. The molecule has 0 aliphatic carbocycles. The maximum Gasteiger partial charge on any atom is 0.197 e. The lowest BCUT2D eigenvalue weighted by atomic mass is 10.3. The number of hydrogen-bond donors (Lipinski definition) is 2. The average molecular weight is 792 g/mol. The van der Waals surface area contributed by atoms with Crippen molar-refractivity contribution >= 4 is 87.6 Å². The summed E-state index contributed by atoms with van der Waals surface area (Å²) in [4.78, 5) is 16.5. The molecule has 0 atom stereocenters. The van der Waals surface area contributed by atoms with Gasteiger partial charge in [-0.05, 0) is 103 Å². The summed E-state index contributed by atoms with van der Waals surface area (Å²) in [5, 5.41) is 8.41. The molecule has 0 saturated heterocycles. The second-order valence-corrected chi connectivity index (χ2v) is 15.3. The molecule has 5 heterocycles. The number of carbonyl (C=O) groups is 1. The molecule has 0 aromatic carbocycles. The van der Waals surface area contributed by atoms with Crippen molar-refractivity contribution in [1.29, 1.82) is 0 Å². The van der Waals surface area contributed by atoms with E-state index >= 15 is 0 Å². The molecule has 3 N–H and O–H groups in total. The van der Waals surface area contributed by atoms with Gasteiger partial charge in [-0.2, -0.15) is 10.2 Å². The van der Waals surface area contributed by atoms with Crippen LogP contribution in [-0.2, 0) is 14.1 Å². The summed E-state index contributed by atoms with van der Waals surface area (Å²) < 4.78 is 6.96. The maximum absolute atomic E-state index is 11.4. The van der Waals surface area contributed by atoms with Crippen LogP contribution >= 0.6 is 81.8 Å². The fraction of sp³-hybridized carbons (Fsp3) is 0.192. The first-order chi connectivity index (χ1) is 19.0. The molecule has 5 rings (SSSR count). The largest absolute Gasteiger partial charge is 0.383 e. The van der Waals surface area contributed by atoms with Crippen molar-refractivity contribution in [2.24, 2.45) is 19.9 Å².